The molecule has 4 aliphatic carbocycles. The first-order valence-corrected chi connectivity index (χ1v) is 9.84. The summed E-state index contributed by atoms with van der Waals surface area (Å²) in [5.41, 5.74) is -1.57. The van der Waals surface area contributed by atoms with Gasteiger partial charge < -0.3 is 9.88 Å². The Kier molecular flexibility index (Phi) is 4.05. The standard InChI is InChI=1S/C18H27FN4OS/c1-11(2)23-14(21-22-16(23)25)3-4-20-15(24)17-6-12-5-13(7-17)9-18(19,8-12)10-17/h11-13H,3-10H2,1-2H3,(H,20,24)(H,22,25). The highest BCUT2D eigenvalue weighted by Gasteiger charge is 2.61. The first-order valence-electron chi connectivity index (χ1n) is 9.43. The van der Waals surface area contributed by atoms with E-state index in [1.807, 2.05) is 4.57 Å². The second-order valence-electron chi connectivity index (χ2n) is 8.81. The van der Waals surface area contributed by atoms with Gasteiger partial charge >= 0.3 is 0 Å². The van der Waals surface area contributed by atoms with E-state index in [2.05, 4.69) is 29.4 Å². The minimum atomic E-state index is -1.10. The molecule has 1 aromatic rings. The zero-order valence-electron chi connectivity index (χ0n) is 15.0. The summed E-state index contributed by atoms with van der Waals surface area (Å²) in [6.45, 7) is 4.63. The van der Waals surface area contributed by atoms with Crippen molar-refractivity contribution in [1.29, 1.82) is 0 Å². The minimum Gasteiger partial charge on any atom is -0.355 e. The van der Waals surface area contributed by atoms with E-state index in [0.29, 0.717) is 48.8 Å². The van der Waals surface area contributed by atoms with E-state index in [-0.39, 0.29) is 11.9 Å². The summed E-state index contributed by atoms with van der Waals surface area (Å²) in [4.78, 5) is 12.9. The van der Waals surface area contributed by atoms with Crippen LogP contribution < -0.4 is 5.32 Å². The summed E-state index contributed by atoms with van der Waals surface area (Å²) >= 11 is 5.26. The molecule has 4 saturated carbocycles. The molecule has 4 aliphatic rings. The van der Waals surface area contributed by atoms with Crippen molar-refractivity contribution in [2.24, 2.45) is 17.3 Å². The Morgan fingerprint density at radius 3 is 2.68 bits per heavy atom. The molecule has 2 unspecified atom stereocenters. The Morgan fingerprint density at radius 1 is 1.40 bits per heavy atom. The van der Waals surface area contributed by atoms with Crippen molar-refractivity contribution < 1.29 is 9.18 Å². The van der Waals surface area contributed by atoms with E-state index in [0.717, 1.165) is 25.1 Å². The lowest BCUT2D eigenvalue weighted by Gasteiger charge is -2.58. The highest BCUT2D eigenvalue weighted by atomic mass is 32.1. The molecule has 0 radical (unpaired) electrons. The van der Waals surface area contributed by atoms with Crippen molar-refractivity contribution in [2.45, 2.75) is 70.5 Å². The van der Waals surface area contributed by atoms with Crippen LogP contribution in [0.25, 0.3) is 0 Å². The van der Waals surface area contributed by atoms with Crippen LogP contribution in [-0.2, 0) is 11.2 Å². The molecule has 0 spiro atoms. The van der Waals surface area contributed by atoms with Crippen LogP contribution in [0, 0.1) is 22.0 Å². The van der Waals surface area contributed by atoms with Crippen LogP contribution in [0.1, 0.15) is 64.2 Å². The Morgan fingerprint density at radius 2 is 2.08 bits per heavy atom. The third-order valence-electron chi connectivity index (χ3n) is 6.40. The predicted molar refractivity (Wildman–Crippen MR) is 95.5 cm³/mol. The highest BCUT2D eigenvalue weighted by Crippen LogP contribution is 2.62. The molecule has 138 valence electrons. The molecule has 1 amide bonds. The van der Waals surface area contributed by atoms with Gasteiger partial charge in [0, 0.05) is 19.0 Å². The molecule has 0 saturated heterocycles. The number of alkyl halides is 1. The second-order valence-corrected chi connectivity index (χ2v) is 9.19. The fourth-order valence-electron chi connectivity index (χ4n) is 5.94. The van der Waals surface area contributed by atoms with Gasteiger partial charge in [-0.2, -0.15) is 5.10 Å². The average molecular weight is 367 g/mol. The lowest BCUT2D eigenvalue weighted by atomic mass is 9.48. The number of amides is 1. The van der Waals surface area contributed by atoms with Gasteiger partial charge in [-0.05, 0) is 76.4 Å². The number of aromatic amines is 1. The SMILES string of the molecule is CC(C)n1c(CCNC(=O)C23CC4CC(CC(F)(C4)C2)C3)n[nH]c1=S. The maximum Gasteiger partial charge on any atom is 0.226 e. The Hall–Kier alpha value is -1.24. The summed E-state index contributed by atoms with van der Waals surface area (Å²) < 4.78 is 17.6. The van der Waals surface area contributed by atoms with Gasteiger partial charge in [0.25, 0.3) is 0 Å². The number of carbonyl (C=O) groups excluding carboxylic acids is 1. The smallest absolute Gasteiger partial charge is 0.226 e. The molecule has 1 heterocycles. The van der Waals surface area contributed by atoms with Crippen molar-refractivity contribution in [3.63, 3.8) is 0 Å². The van der Waals surface area contributed by atoms with Crippen molar-refractivity contribution in [1.82, 2.24) is 20.1 Å². The summed E-state index contributed by atoms with van der Waals surface area (Å²) in [5, 5.41) is 10.2. The van der Waals surface area contributed by atoms with Gasteiger partial charge in [-0.15, -0.1) is 0 Å². The lowest BCUT2D eigenvalue weighted by molar-refractivity contribution is -0.160. The molecular formula is C18H27FN4OS. The maximum atomic E-state index is 15.0. The normalized spacial score (nSPS) is 36.2. The van der Waals surface area contributed by atoms with Gasteiger partial charge in [0.15, 0.2) is 4.77 Å². The van der Waals surface area contributed by atoms with E-state index >= 15 is 4.39 Å². The quantitative estimate of drug-likeness (QED) is 0.784. The largest absolute Gasteiger partial charge is 0.355 e. The first-order chi connectivity index (χ1) is 11.8. The van der Waals surface area contributed by atoms with Gasteiger partial charge in [0.1, 0.15) is 11.5 Å². The van der Waals surface area contributed by atoms with Crippen molar-refractivity contribution in [3.8, 4) is 0 Å². The summed E-state index contributed by atoms with van der Waals surface area (Å²) in [6.07, 6.45) is 5.23. The molecule has 4 bridgehead atoms. The molecule has 2 N–H and O–H groups in total. The number of hydrogen-bond donors (Lipinski definition) is 2. The number of halogens is 1. The molecule has 0 aliphatic heterocycles. The summed E-state index contributed by atoms with van der Waals surface area (Å²) in [5.74, 6) is 1.70. The van der Waals surface area contributed by atoms with Crippen molar-refractivity contribution in [2.75, 3.05) is 6.54 Å². The van der Waals surface area contributed by atoms with Crippen LogP contribution in [0.15, 0.2) is 0 Å². The molecule has 1 aromatic heterocycles. The summed E-state index contributed by atoms with van der Waals surface area (Å²) in [6, 6.07) is 0.228. The minimum absolute atomic E-state index is 0.0499. The fourth-order valence-corrected chi connectivity index (χ4v) is 6.30. The Labute approximate surface area is 152 Å². The number of nitrogens with one attached hydrogen (secondary N) is 2. The zero-order valence-corrected chi connectivity index (χ0v) is 15.8. The Bertz CT molecular complexity index is 726. The molecule has 5 rings (SSSR count). The number of hydrogen-bond acceptors (Lipinski definition) is 3. The van der Waals surface area contributed by atoms with Gasteiger partial charge in [0.2, 0.25) is 5.91 Å². The van der Waals surface area contributed by atoms with E-state index in [9.17, 15) is 4.79 Å². The average Bonchev–Trinajstić information content (AvgIpc) is 2.85. The lowest BCUT2D eigenvalue weighted by Crippen LogP contribution is -2.59. The van der Waals surface area contributed by atoms with Gasteiger partial charge in [0.05, 0.1) is 5.41 Å². The fraction of sp³-hybridized carbons (Fsp3) is 0.833. The summed E-state index contributed by atoms with van der Waals surface area (Å²) in [7, 11) is 0. The third kappa shape index (κ3) is 2.94. The van der Waals surface area contributed by atoms with E-state index in [1.165, 1.54) is 0 Å². The van der Waals surface area contributed by atoms with Crippen molar-refractivity contribution >= 4 is 18.1 Å². The van der Waals surface area contributed by atoms with Crippen LogP contribution in [0.5, 0.6) is 0 Å². The molecule has 7 heteroatoms. The third-order valence-corrected chi connectivity index (χ3v) is 6.69. The molecule has 0 aromatic carbocycles. The van der Waals surface area contributed by atoms with Crippen LogP contribution in [0.3, 0.4) is 0 Å². The molecule has 5 nitrogen and oxygen atoms in total. The van der Waals surface area contributed by atoms with Crippen LogP contribution >= 0.6 is 12.2 Å². The zero-order chi connectivity index (χ0) is 17.8. The second kappa shape index (κ2) is 5.89. The van der Waals surface area contributed by atoms with Crippen LogP contribution in [0.4, 0.5) is 4.39 Å². The van der Waals surface area contributed by atoms with Gasteiger partial charge in [-0.3, -0.25) is 9.89 Å². The monoisotopic (exact) mass is 366 g/mol. The first kappa shape index (κ1) is 17.2. The van der Waals surface area contributed by atoms with Gasteiger partial charge in [-0.1, -0.05) is 0 Å². The van der Waals surface area contributed by atoms with E-state index in [4.69, 9.17) is 12.2 Å². The number of aromatic nitrogens is 3. The molecule has 25 heavy (non-hydrogen) atoms. The van der Waals surface area contributed by atoms with E-state index in [1.54, 1.807) is 0 Å². The topological polar surface area (TPSA) is 62.7 Å². The van der Waals surface area contributed by atoms with Crippen LogP contribution in [-0.4, -0.2) is 32.9 Å². The van der Waals surface area contributed by atoms with Gasteiger partial charge in [-0.25, -0.2) is 4.39 Å². The van der Waals surface area contributed by atoms with Crippen LogP contribution in [0.2, 0.25) is 0 Å². The van der Waals surface area contributed by atoms with Crippen molar-refractivity contribution in [3.05, 3.63) is 10.6 Å². The number of nitrogens with zero attached hydrogens (tertiary/aromatic N) is 2. The molecular weight excluding hydrogens is 339 g/mol. The molecule has 4 fully saturated rings. The highest BCUT2D eigenvalue weighted by molar-refractivity contribution is 7.71. The number of rotatable bonds is 5. The Balaban J connectivity index is 1.41. The number of carbonyl (C=O) groups is 1. The number of H-pyrrole nitrogens is 1. The molecule has 2 atom stereocenters. The maximum absolute atomic E-state index is 15.0. The van der Waals surface area contributed by atoms with E-state index < -0.39 is 11.1 Å². The predicted octanol–water partition coefficient (Wildman–Crippen LogP) is 3.49.